The average Bonchev–Trinajstić information content (AvgIpc) is 2.26. The highest BCUT2D eigenvalue weighted by atomic mass is 16.2. The maximum Gasteiger partial charge on any atom is 0.237 e. The van der Waals surface area contributed by atoms with Crippen molar-refractivity contribution in [2.24, 2.45) is 11.7 Å². The van der Waals surface area contributed by atoms with Crippen molar-refractivity contribution in [2.45, 2.75) is 32.7 Å². The number of amides is 2. The molecule has 5 nitrogen and oxygen atoms in total. The molecule has 2 amide bonds. The van der Waals surface area contributed by atoms with Crippen LogP contribution in [0.3, 0.4) is 0 Å². The minimum atomic E-state index is -0.578. The summed E-state index contributed by atoms with van der Waals surface area (Å²) in [6, 6.07) is -0.578. The van der Waals surface area contributed by atoms with Gasteiger partial charge in [-0.2, -0.15) is 0 Å². The fraction of sp³-hybridized carbons (Fsp3) is 0.667. The number of carbonyl (C=O) groups excluding carboxylic acids is 2. The fourth-order valence-electron chi connectivity index (χ4n) is 1.12. The van der Waals surface area contributed by atoms with Gasteiger partial charge in [0, 0.05) is 19.5 Å². The van der Waals surface area contributed by atoms with E-state index in [9.17, 15) is 9.59 Å². The predicted molar refractivity (Wildman–Crippen MR) is 68.3 cm³/mol. The highest BCUT2D eigenvalue weighted by Gasteiger charge is 2.11. The normalized spacial score (nSPS) is 12.0. The molecular formula is C12H23N3O2. The van der Waals surface area contributed by atoms with E-state index in [4.69, 9.17) is 5.73 Å². The predicted octanol–water partition coefficient (Wildman–Crippen LogP) is 0.168. The van der Waals surface area contributed by atoms with Crippen LogP contribution in [0.1, 0.15) is 26.7 Å². The number of nitrogens with two attached hydrogens (primary N) is 1. The molecule has 0 saturated carbocycles. The van der Waals surface area contributed by atoms with E-state index in [1.807, 2.05) is 13.8 Å². The molecule has 0 aliphatic carbocycles. The molecule has 1 unspecified atom stereocenters. The lowest BCUT2D eigenvalue weighted by Gasteiger charge is -2.11. The third kappa shape index (κ3) is 8.45. The van der Waals surface area contributed by atoms with Crippen molar-refractivity contribution in [3.63, 3.8) is 0 Å². The van der Waals surface area contributed by atoms with Gasteiger partial charge < -0.3 is 16.4 Å². The molecule has 0 bridgehead atoms. The Kier molecular flexibility index (Phi) is 8.05. The van der Waals surface area contributed by atoms with Crippen LogP contribution in [0.4, 0.5) is 0 Å². The Morgan fingerprint density at radius 3 is 2.53 bits per heavy atom. The molecule has 0 aliphatic rings. The first-order chi connectivity index (χ1) is 7.97. The second-order valence-corrected chi connectivity index (χ2v) is 4.37. The standard InChI is InChI=1S/C12H23N3O2/c1-4-5-10(13)12(17)14-7-6-11(16)15-8-9(2)3/h4,9-10H,1,5-8,13H2,2-3H3,(H,14,17)(H,15,16). The summed E-state index contributed by atoms with van der Waals surface area (Å²) in [5.74, 6) is 0.118. The van der Waals surface area contributed by atoms with Crippen LogP contribution in [0.15, 0.2) is 12.7 Å². The van der Waals surface area contributed by atoms with Crippen LogP contribution in [0, 0.1) is 5.92 Å². The minimum absolute atomic E-state index is 0.0590. The number of nitrogens with one attached hydrogen (secondary N) is 2. The second-order valence-electron chi connectivity index (χ2n) is 4.37. The first kappa shape index (κ1) is 15.6. The third-order valence-electron chi connectivity index (χ3n) is 2.12. The lowest BCUT2D eigenvalue weighted by Crippen LogP contribution is -2.41. The summed E-state index contributed by atoms with van der Waals surface area (Å²) in [6.07, 6.45) is 2.31. The molecule has 1 atom stereocenters. The van der Waals surface area contributed by atoms with Crippen LogP contribution in [0.2, 0.25) is 0 Å². The van der Waals surface area contributed by atoms with Crippen molar-refractivity contribution in [3.8, 4) is 0 Å². The topological polar surface area (TPSA) is 84.2 Å². The summed E-state index contributed by atoms with van der Waals surface area (Å²) in [5, 5.41) is 5.39. The highest BCUT2D eigenvalue weighted by Crippen LogP contribution is 1.90. The first-order valence-corrected chi connectivity index (χ1v) is 5.88. The van der Waals surface area contributed by atoms with Gasteiger partial charge in [0.25, 0.3) is 0 Å². The number of hydrogen-bond acceptors (Lipinski definition) is 3. The molecule has 0 radical (unpaired) electrons. The minimum Gasteiger partial charge on any atom is -0.356 e. The number of carbonyl (C=O) groups is 2. The maximum atomic E-state index is 11.4. The van der Waals surface area contributed by atoms with E-state index in [1.54, 1.807) is 6.08 Å². The van der Waals surface area contributed by atoms with Crippen molar-refractivity contribution in [1.82, 2.24) is 10.6 Å². The van der Waals surface area contributed by atoms with Gasteiger partial charge in [-0.25, -0.2) is 0 Å². The number of hydrogen-bond donors (Lipinski definition) is 3. The lowest BCUT2D eigenvalue weighted by atomic mass is 10.2. The van der Waals surface area contributed by atoms with Crippen LogP contribution in [-0.2, 0) is 9.59 Å². The van der Waals surface area contributed by atoms with Crippen LogP contribution < -0.4 is 16.4 Å². The van der Waals surface area contributed by atoms with Crippen molar-refractivity contribution >= 4 is 11.8 Å². The van der Waals surface area contributed by atoms with Gasteiger partial charge in [0.1, 0.15) is 0 Å². The summed E-state index contributed by atoms with van der Waals surface area (Å²) >= 11 is 0. The Labute approximate surface area is 103 Å². The first-order valence-electron chi connectivity index (χ1n) is 5.88. The van der Waals surface area contributed by atoms with E-state index in [2.05, 4.69) is 17.2 Å². The molecule has 0 heterocycles. The summed E-state index contributed by atoms with van der Waals surface area (Å²) in [5.41, 5.74) is 5.56. The van der Waals surface area contributed by atoms with Crippen LogP contribution in [0.25, 0.3) is 0 Å². The fourth-order valence-corrected chi connectivity index (χ4v) is 1.12. The second kappa shape index (κ2) is 8.75. The van der Waals surface area contributed by atoms with Crippen LogP contribution in [0.5, 0.6) is 0 Å². The monoisotopic (exact) mass is 241 g/mol. The summed E-state index contributed by atoms with van der Waals surface area (Å²) in [7, 11) is 0. The Balaban J connectivity index is 3.65. The molecule has 0 rings (SSSR count). The molecular weight excluding hydrogens is 218 g/mol. The van der Waals surface area contributed by atoms with Crippen molar-refractivity contribution in [2.75, 3.05) is 13.1 Å². The highest BCUT2D eigenvalue weighted by molar-refractivity contribution is 5.82. The van der Waals surface area contributed by atoms with Crippen molar-refractivity contribution < 1.29 is 9.59 Å². The summed E-state index contributed by atoms with van der Waals surface area (Å²) < 4.78 is 0. The van der Waals surface area contributed by atoms with E-state index in [0.29, 0.717) is 25.4 Å². The van der Waals surface area contributed by atoms with E-state index in [0.717, 1.165) is 0 Å². The van der Waals surface area contributed by atoms with E-state index >= 15 is 0 Å². The molecule has 0 aromatic rings. The molecule has 0 aromatic carbocycles. The van der Waals surface area contributed by atoms with E-state index in [-0.39, 0.29) is 18.2 Å². The zero-order valence-electron chi connectivity index (χ0n) is 10.7. The number of rotatable bonds is 8. The van der Waals surface area contributed by atoms with E-state index in [1.165, 1.54) is 0 Å². The van der Waals surface area contributed by atoms with Crippen LogP contribution in [-0.4, -0.2) is 30.9 Å². The molecule has 0 spiro atoms. The van der Waals surface area contributed by atoms with E-state index < -0.39 is 6.04 Å². The van der Waals surface area contributed by atoms with Gasteiger partial charge in [-0.3, -0.25) is 9.59 Å². The Morgan fingerprint density at radius 1 is 1.35 bits per heavy atom. The van der Waals surface area contributed by atoms with Crippen molar-refractivity contribution in [3.05, 3.63) is 12.7 Å². The largest absolute Gasteiger partial charge is 0.356 e. The van der Waals surface area contributed by atoms with Gasteiger partial charge in [0.15, 0.2) is 0 Å². The summed E-state index contributed by atoms with van der Waals surface area (Å²) in [4.78, 5) is 22.7. The zero-order chi connectivity index (χ0) is 13.3. The van der Waals surface area contributed by atoms with Gasteiger partial charge in [0.05, 0.1) is 6.04 Å². The molecule has 5 heteroatoms. The SMILES string of the molecule is C=CCC(N)C(=O)NCCC(=O)NCC(C)C. The molecule has 0 saturated heterocycles. The van der Waals surface area contributed by atoms with Gasteiger partial charge in [-0.05, 0) is 12.3 Å². The Morgan fingerprint density at radius 2 is 2.00 bits per heavy atom. The van der Waals surface area contributed by atoms with Gasteiger partial charge >= 0.3 is 0 Å². The van der Waals surface area contributed by atoms with Gasteiger partial charge in [-0.15, -0.1) is 6.58 Å². The van der Waals surface area contributed by atoms with Gasteiger partial charge in [0.2, 0.25) is 11.8 Å². The Bertz CT molecular complexity index is 264. The van der Waals surface area contributed by atoms with Crippen LogP contribution >= 0.6 is 0 Å². The zero-order valence-corrected chi connectivity index (χ0v) is 10.7. The summed E-state index contributed by atoms with van der Waals surface area (Å²) in [6.45, 7) is 8.53. The van der Waals surface area contributed by atoms with Gasteiger partial charge in [-0.1, -0.05) is 19.9 Å². The smallest absolute Gasteiger partial charge is 0.237 e. The third-order valence-corrected chi connectivity index (χ3v) is 2.12. The Hall–Kier alpha value is -1.36. The average molecular weight is 241 g/mol. The molecule has 0 aliphatic heterocycles. The maximum absolute atomic E-state index is 11.4. The quantitative estimate of drug-likeness (QED) is 0.530. The lowest BCUT2D eigenvalue weighted by molar-refractivity contribution is -0.123. The molecule has 4 N–H and O–H groups in total. The molecule has 98 valence electrons. The molecule has 17 heavy (non-hydrogen) atoms. The van der Waals surface area contributed by atoms with Crippen molar-refractivity contribution in [1.29, 1.82) is 0 Å². The molecule has 0 aromatic heterocycles. The molecule has 0 fully saturated rings.